The average molecular weight is 237 g/mol. The summed E-state index contributed by atoms with van der Waals surface area (Å²) in [6.45, 7) is 1.52. The van der Waals surface area contributed by atoms with Crippen molar-refractivity contribution < 1.29 is 10.0 Å². The molecule has 0 aliphatic carbocycles. The van der Waals surface area contributed by atoms with Crippen molar-refractivity contribution in [1.82, 2.24) is 5.32 Å². The number of rotatable bonds is 4. The molecule has 2 rings (SSSR count). The van der Waals surface area contributed by atoms with Crippen LogP contribution in [-0.2, 0) is 6.61 Å². The van der Waals surface area contributed by atoms with Crippen molar-refractivity contribution >= 4 is 11.4 Å². The quantitative estimate of drug-likeness (QED) is 0.534. The van der Waals surface area contributed by atoms with Crippen LogP contribution in [0.2, 0.25) is 0 Å². The van der Waals surface area contributed by atoms with Gasteiger partial charge in [-0.3, -0.25) is 10.1 Å². The first-order valence-corrected chi connectivity index (χ1v) is 5.56. The zero-order valence-electron chi connectivity index (χ0n) is 9.35. The molecule has 0 saturated carbocycles. The Morgan fingerprint density at radius 2 is 2.41 bits per heavy atom. The van der Waals surface area contributed by atoms with Crippen LogP contribution in [0, 0.1) is 10.1 Å². The second-order valence-electron chi connectivity index (χ2n) is 4.09. The number of aliphatic hydroxyl groups excluding tert-OH is 1. The molecule has 0 aromatic heterocycles. The van der Waals surface area contributed by atoms with Crippen molar-refractivity contribution in [2.24, 2.45) is 0 Å². The third-order valence-corrected chi connectivity index (χ3v) is 2.88. The second-order valence-corrected chi connectivity index (χ2v) is 4.09. The lowest BCUT2D eigenvalue weighted by molar-refractivity contribution is -0.385. The minimum absolute atomic E-state index is 0.0385. The Morgan fingerprint density at radius 1 is 1.59 bits per heavy atom. The van der Waals surface area contributed by atoms with Gasteiger partial charge in [-0.15, -0.1) is 0 Å². The van der Waals surface area contributed by atoms with Crippen LogP contribution in [0.1, 0.15) is 12.0 Å². The first kappa shape index (κ1) is 11.8. The van der Waals surface area contributed by atoms with Gasteiger partial charge >= 0.3 is 0 Å². The Labute approximate surface area is 98.8 Å². The van der Waals surface area contributed by atoms with E-state index >= 15 is 0 Å². The minimum atomic E-state index is -0.469. The van der Waals surface area contributed by atoms with Crippen molar-refractivity contribution in [1.29, 1.82) is 0 Å². The van der Waals surface area contributed by atoms with Gasteiger partial charge in [0, 0.05) is 24.3 Å². The van der Waals surface area contributed by atoms with Gasteiger partial charge in [0.25, 0.3) is 5.69 Å². The number of nitrogens with one attached hydrogen (secondary N) is 2. The summed E-state index contributed by atoms with van der Waals surface area (Å²) in [7, 11) is 0. The molecule has 1 aliphatic heterocycles. The zero-order chi connectivity index (χ0) is 12.3. The molecule has 17 heavy (non-hydrogen) atoms. The zero-order valence-corrected chi connectivity index (χ0v) is 9.35. The van der Waals surface area contributed by atoms with Crippen molar-refractivity contribution in [2.75, 3.05) is 18.4 Å². The predicted octanol–water partition coefficient (Wildman–Crippen LogP) is 0.861. The standard InChI is InChI=1S/C11H15N3O3/c15-7-8-1-2-9(5-11(8)14(16)17)13-10-3-4-12-6-10/h1-2,5,10,12-13,15H,3-4,6-7H2. The molecule has 1 atom stereocenters. The molecule has 0 amide bonds. The highest BCUT2D eigenvalue weighted by Crippen LogP contribution is 2.24. The Hall–Kier alpha value is -1.66. The van der Waals surface area contributed by atoms with E-state index in [-0.39, 0.29) is 12.3 Å². The molecule has 1 unspecified atom stereocenters. The Kier molecular flexibility index (Phi) is 3.55. The van der Waals surface area contributed by atoms with Gasteiger partial charge in [0.1, 0.15) is 0 Å². The molecule has 0 radical (unpaired) electrons. The maximum atomic E-state index is 10.8. The first-order valence-electron chi connectivity index (χ1n) is 5.56. The fourth-order valence-corrected chi connectivity index (χ4v) is 1.97. The largest absolute Gasteiger partial charge is 0.391 e. The highest BCUT2D eigenvalue weighted by Gasteiger charge is 2.17. The van der Waals surface area contributed by atoms with E-state index in [0.717, 1.165) is 25.2 Å². The van der Waals surface area contributed by atoms with E-state index in [1.165, 1.54) is 6.07 Å². The van der Waals surface area contributed by atoms with E-state index in [9.17, 15) is 10.1 Å². The number of hydrogen-bond donors (Lipinski definition) is 3. The van der Waals surface area contributed by atoms with Crippen LogP contribution in [0.15, 0.2) is 18.2 Å². The van der Waals surface area contributed by atoms with Gasteiger partial charge in [-0.1, -0.05) is 0 Å². The summed E-state index contributed by atoms with van der Waals surface area (Å²) in [5.74, 6) is 0. The second kappa shape index (κ2) is 5.11. The molecule has 1 aliphatic rings. The number of nitro benzene ring substituents is 1. The summed E-state index contributed by atoms with van der Waals surface area (Å²) in [5.41, 5.74) is 1.02. The van der Waals surface area contributed by atoms with Crippen molar-refractivity contribution in [3.63, 3.8) is 0 Å². The lowest BCUT2D eigenvalue weighted by atomic mass is 10.1. The number of hydrogen-bond acceptors (Lipinski definition) is 5. The van der Waals surface area contributed by atoms with Crippen LogP contribution in [0.25, 0.3) is 0 Å². The molecule has 0 spiro atoms. The summed E-state index contributed by atoms with van der Waals surface area (Å²) in [6, 6.07) is 5.14. The molecule has 6 nitrogen and oxygen atoms in total. The maximum absolute atomic E-state index is 10.8. The normalized spacial score (nSPS) is 19.2. The van der Waals surface area contributed by atoms with E-state index in [1.54, 1.807) is 12.1 Å². The molecule has 1 saturated heterocycles. The average Bonchev–Trinajstić information content (AvgIpc) is 2.81. The van der Waals surface area contributed by atoms with Crippen LogP contribution < -0.4 is 10.6 Å². The Morgan fingerprint density at radius 3 is 3.00 bits per heavy atom. The molecule has 1 aromatic rings. The highest BCUT2D eigenvalue weighted by molar-refractivity contribution is 5.55. The molecule has 1 aromatic carbocycles. The lowest BCUT2D eigenvalue weighted by Gasteiger charge is -2.13. The summed E-state index contributed by atoms with van der Waals surface area (Å²) >= 11 is 0. The van der Waals surface area contributed by atoms with Gasteiger partial charge in [-0.2, -0.15) is 0 Å². The first-order chi connectivity index (χ1) is 8.20. The molecular weight excluding hydrogens is 222 g/mol. The van der Waals surface area contributed by atoms with Crippen molar-refractivity contribution in [3.8, 4) is 0 Å². The fourth-order valence-electron chi connectivity index (χ4n) is 1.97. The Balaban J connectivity index is 2.17. The fraction of sp³-hybridized carbons (Fsp3) is 0.455. The summed E-state index contributed by atoms with van der Waals surface area (Å²) in [4.78, 5) is 10.4. The third kappa shape index (κ3) is 2.72. The predicted molar refractivity (Wildman–Crippen MR) is 63.9 cm³/mol. The molecule has 3 N–H and O–H groups in total. The number of benzene rings is 1. The molecule has 1 fully saturated rings. The molecule has 0 bridgehead atoms. The van der Waals surface area contributed by atoms with E-state index in [1.807, 2.05) is 0 Å². The van der Waals surface area contributed by atoms with Gasteiger partial charge in [-0.25, -0.2) is 0 Å². The minimum Gasteiger partial charge on any atom is -0.391 e. The van der Waals surface area contributed by atoms with E-state index in [2.05, 4.69) is 10.6 Å². The maximum Gasteiger partial charge on any atom is 0.276 e. The third-order valence-electron chi connectivity index (χ3n) is 2.88. The van der Waals surface area contributed by atoms with Gasteiger partial charge in [-0.05, 0) is 25.1 Å². The van der Waals surface area contributed by atoms with Gasteiger partial charge in [0.05, 0.1) is 17.1 Å². The Bertz CT molecular complexity index is 416. The smallest absolute Gasteiger partial charge is 0.276 e. The summed E-state index contributed by atoms with van der Waals surface area (Å²) in [6.07, 6.45) is 1.01. The van der Waals surface area contributed by atoms with Crippen LogP contribution in [0.3, 0.4) is 0 Å². The molecule has 1 heterocycles. The molecular formula is C11H15N3O3. The monoisotopic (exact) mass is 237 g/mol. The van der Waals surface area contributed by atoms with Crippen molar-refractivity contribution in [3.05, 3.63) is 33.9 Å². The number of anilines is 1. The van der Waals surface area contributed by atoms with Crippen molar-refractivity contribution in [2.45, 2.75) is 19.1 Å². The van der Waals surface area contributed by atoms with Crippen LogP contribution in [0.5, 0.6) is 0 Å². The summed E-state index contributed by atoms with van der Waals surface area (Å²) in [5, 5.41) is 26.3. The lowest BCUT2D eigenvalue weighted by Crippen LogP contribution is -2.22. The van der Waals surface area contributed by atoms with Crippen LogP contribution in [-0.4, -0.2) is 29.2 Å². The van der Waals surface area contributed by atoms with Crippen LogP contribution in [0.4, 0.5) is 11.4 Å². The van der Waals surface area contributed by atoms with Gasteiger partial charge in [0.2, 0.25) is 0 Å². The number of nitro groups is 1. The van der Waals surface area contributed by atoms with Crippen LogP contribution >= 0.6 is 0 Å². The van der Waals surface area contributed by atoms with E-state index in [4.69, 9.17) is 5.11 Å². The summed E-state index contributed by atoms with van der Waals surface area (Å²) < 4.78 is 0. The highest BCUT2D eigenvalue weighted by atomic mass is 16.6. The number of aliphatic hydroxyl groups is 1. The molecule has 92 valence electrons. The van der Waals surface area contributed by atoms with E-state index < -0.39 is 4.92 Å². The molecule has 6 heteroatoms. The topological polar surface area (TPSA) is 87.4 Å². The van der Waals surface area contributed by atoms with Gasteiger partial charge in [0.15, 0.2) is 0 Å². The van der Waals surface area contributed by atoms with E-state index in [0.29, 0.717) is 11.6 Å². The van der Waals surface area contributed by atoms with Gasteiger partial charge < -0.3 is 15.7 Å². The SMILES string of the molecule is O=[N+]([O-])c1cc(NC2CCNC2)ccc1CO. The number of nitrogens with zero attached hydrogens (tertiary/aromatic N) is 1.